The number of benzene rings is 1. The van der Waals surface area contributed by atoms with E-state index in [0.717, 1.165) is 31.2 Å². The van der Waals surface area contributed by atoms with Gasteiger partial charge in [0.1, 0.15) is 5.75 Å². The smallest absolute Gasteiger partial charge is 0.115 e. The van der Waals surface area contributed by atoms with Crippen LogP contribution in [0.25, 0.3) is 0 Å². The van der Waals surface area contributed by atoms with Gasteiger partial charge in [-0.05, 0) is 49.9 Å². The predicted molar refractivity (Wildman–Crippen MR) is 68.1 cm³/mol. The first-order chi connectivity index (χ1) is 8.25. The fourth-order valence-electron chi connectivity index (χ4n) is 2.23. The van der Waals surface area contributed by atoms with E-state index >= 15 is 0 Å². The second-order valence-electron chi connectivity index (χ2n) is 4.79. The molecular weight excluding hydrogens is 214 g/mol. The molecule has 2 atom stereocenters. The van der Waals surface area contributed by atoms with E-state index in [2.05, 4.69) is 12.2 Å². The molecule has 1 saturated heterocycles. The molecular formula is C14H21NO2. The van der Waals surface area contributed by atoms with Gasteiger partial charge in [-0.25, -0.2) is 0 Å². The Morgan fingerprint density at radius 1 is 1.53 bits per heavy atom. The minimum absolute atomic E-state index is 0.282. The molecule has 1 aliphatic heterocycles. The van der Waals surface area contributed by atoms with E-state index in [0.29, 0.717) is 5.75 Å². The lowest BCUT2D eigenvalue weighted by atomic mass is 10.0. The fourth-order valence-corrected chi connectivity index (χ4v) is 2.23. The minimum atomic E-state index is 0.282. The number of ether oxygens (including phenoxy) is 1. The summed E-state index contributed by atoms with van der Waals surface area (Å²) in [6, 6.07) is 7.72. The van der Waals surface area contributed by atoms with E-state index in [4.69, 9.17) is 4.74 Å². The van der Waals surface area contributed by atoms with Gasteiger partial charge in [0.15, 0.2) is 0 Å². The summed E-state index contributed by atoms with van der Waals surface area (Å²) < 4.78 is 5.35. The van der Waals surface area contributed by atoms with Crippen molar-refractivity contribution in [1.29, 1.82) is 0 Å². The third kappa shape index (κ3) is 3.72. The van der Waals surface area contributed by atoms with Gasteiger partial charge in [0.25, 0.3) is 0 Å². The van der Waals surface area contributed by atoms with Crippen molar-refractivity contribution in [1.82, 2.24) is 5.32 Å². The van der Waals surface area contributed by atoms with Crippen molar-refractivity contribution in [3.05, 3.63) is 29.8 Å². The van der Waals surface area contributed by atoms with Crippen molar-refractivity contribution in [2.75, 3.05) is 19.8 Å². The molecule has 1 aromatic carbocycles. The average molecular weight is 235 g/mol. The normalized spacial score (nSPS) is 21.6. The van der Waals surface area contributed by atoms with Crippen molar-refractivity contribution in [3.63, 3.8) is 0 Å². The highest BCUT2D eigenvalue weighted by Crippen LogP contribution is 2.19. The van der Waals surface area contributed by atoms with Crippen LogP contribution in [0.5, 0.6) is 5.75 Å². The van der Waals surface area contributed by atoms with Crippen molar-refractivity contribution < 1.29 is 9.84 Å². The largest absolute Gasteiger partial charge is 0.508 e. The molecule has 17 heavy (non-hydrogen) atoms. The third-order valence-corrected chi connectivity index (χ3v) is 3.40. The fraction of sp³-hybridized carbons (Fsp3) is 0.571. The first-order valence-electron chi connectivity index (χ1n) is 6.36. The first-order valence-corrected chi connectivity index (χ1v) is 6.36. The lowest BCUT2D eigenvalue weighted by molar-refractivity contribution is 0.184. The van der Waals surface area contributed by atoms with Gasteiger partial charge in [-0.2, -0.15) is 0 Å². The van der Waals surface area contributed by atoms with Gasteiger partial charge in [0.2, 0.25) is 0 Å². The Hall–Kier alpha value is -1.06. The first kappa shape index (κ1) is 12.4. The number of hydrogen-bond acceptors (Lipinski definition) is 3. The second-order valence-corrected chi connectivity index (χ2v) is 4.79. The summed E-state index contributed by atoms with van der Waals surface area (Å²) >= 11 is 0. The lowest BCUT2D eigenvalue weighted by Gasteiger charge is -2.15. The summed E-state index contributed by atoms with van der Waals surface area (Å²) in [4.78, 5) is 0. The quantitative estimate of drug-likeness (QED) is 0.823. The third-order valence-electron chi connectivity index (χ3n) is 3.40. The summed E-state index contributed by atoms with van der Waals surface area (Å²) in [6.45, 7) is 4.97. The Bertz CT molecular complexity index is 348. The molecule has 2 N–H and O–H groups in total. The summed E-state index contributed by atoms with van der Waals surface area (Å²) in [5.74, 6) is 1.05. The van der Waals surface area contributed by atoms with E-state index in [9.17, 15) is 5.11 Å². The van der Waals surface area contributed by atoms with E-state index < -0.39 is 0 Å². The molecule has 94 valence electrons. The van der Waals surface area contributed by atoms with Crippen molar-refractivity contribution >= 4 is 0 Å². The summed E-state index contributed by atoms with van der Waals surface area (Å²) in [5.41, 5.74) is 1.13. The van der Waals surface area contributed by atoms with E-state index in [1.165, 1.54) is 12.8 Å². The van der Waals surface area contributed by atoms with Gasteiger partial charge < -0.3 is 15.2 Å². The standard InChI is InChI=1S/C14H21NO2/c1-11(13-3-2-4-14(16)9-13)15-7-5-12-6-8-17-10-12/h2-4,9,11-12,15-16H,5-8,10H2,1H3. The molecule has 0 radical (unpaired) electrons. The van der Waals surface area contributed by atoms with Crippen molar-refractivity contribution in [2.24, 2.45) is 5.92 Å². The van der Waals surface area contributed by atoms with E-state index in [-0.39, 0.29) is 6.04 Å². The number of hydrogen-bond donors (Lipinski definition) is 2. The molecule has 0 amide bonds. The maximum atomic E-state index is 9.42. The summed E-state index contributed by atoms with van der Waals surface area (Å²) in [5, 5.41) is 12.9. The van der Waals surface area contributed by atoms with Gasteiger partial charge in [0, 0.05) is 19.3 Å². The number of phenolic OH excluding ortho intramolecular Hbond substituents is 1. The van der Waals surface area contributed by atoms with Crippen LogP contribution in [0.1, 0.15) is 31.4 Å². The molecule has 2 rings (SSSR count). The van der Waals surface area contributed by atoms with Crippen LogP contribution in [-0.4, -0.2) is 24.9 Å². The van der Waals surface area contributed by atoms with E-state index in [1.807, 2.05) is 18.2 Å². The molecule has 1 fully saturated rings. The Balaban J connectivity index is 1.74. The zero-order valence-electron chi connectivity index (χ0n) is 10.4. The van der Waals surface area contributed by atoms with Crippen molar-refractivity contribution in [2.45, 2.75) is 25.8 Å². The number of phenols is 1. The van der Waals surface area contributed by atoms with Gasteiger partial charge in [0.05, 0.1) is 0 Å². The van der Waals surface area contributed by atoms with Crippen LogP contribution in [0.2, 0.25) is 0 Å². The predicted octanol–water partition coefficient (Wildman–Crippen LogP) is 2.47. The summed E-state index contributed by atoms with van der Waals surface area (Å²) in [7, 11) is 0. The Labute approximate surface area is 103 Å². The molecule has 3 heteroatoms. The lowest BCUT2D eigenvalue weighted by Crippen LogP contribution is -2.22. The molecule has 3 nitrogen and oxygen atoms in total. The van der Waals surface area contributed by atoms with Crippen LogP contribution in [0, 0.1) is 5.92 Å². The van der Waals surface area contributed by atoms with Gasteiger partial charge >= 0.3 is 0 Å². The highest BCUT2D eigenvalue weighted by molar-refractivity contribution is 5.28. The van der Waals surface area contributed by atoms with Crippen LogP contribution in [0.3, 0.4) is 0 Å². The number of aromatic hydroxyl groups is 1. The van der Waals surface area contributed by atoms with Gasteiger partial charge in [-0.3, -0.25) is 0 Å². The maximum absolute atomic E-state index is 9.42. The average Bonchev–Trinajstić information content (AvgIpc) is 2.82. The zero-order chi connectivity index (χ0) is 12.1. The highest BCUT2D eigenvalue weighted by atomic mass is 16.5. The SMILES string of the molecule is CC(NCCC1CCOC1)c1cccc(O)c1. The molecule has 0 saturated carbocycles. The molecule has 1 heterocycles. The zero-order valence-corrected chi connectivity index (χ0v) is 10.4. The minimum Gasteiger partial charge on any atom is -0.508 e. The van der Waals surface area contributed by atoms with Crippen LogP contribution in [0.15, 0.2) is 24.3 Å². The topological polar surface area (TPSA) is 41.5 Å². The number of nitrogens with one attached hydrogen (secondary N) is 1. The molecule has 2 unspecified atom stereocenters. The molecule has 1 aliphatic rings. The van der Waals surface area contributed by atoms with Gasteiger partial charge in [-0.15, -0.1) is 0 Å². The second kappa shape index (κ2) is 6.03. The van der Waals surface area contributed by atoms with E-state index in [1.54, 1.807) is 6.07 Å². The molecule has 0 aromatic heterocycles. The van der Waals surface area contributed by atoms with Crippen LogP contribution < -0.4 is 5.32 Å². The van der Waals surface area contributed by atoms with Crippen LogP contribution >= 0.6 is 0 Å². The summed E-state index contributed by atoms with van der Waals surface area (Å²) in [6.07, 6.45) is 2.37. The van der Waals surface area contributed by atoms with Crippen LogP contribution in [-0.2, 0) is 4.74 Å². The monoisotopic (exact) mass is 235 g/mol. The molecule has 0 bridgehead atoms. The Morgan fingerprint density at radius 3 is 3.12 bits per heavy atom. The Kier molecular flexibility index (Phi) is 4.40. The van der Waals surface area contributed by atoms with Gasteiger partial charge in [-0.1, -0.05) is 12.1 Å². The number of rotatable bonds is 5. The molecule has 0 spiro atoms. The Morgan fingerprint density at radius 2 is 2.41 bits per heavy atom. The highest BCUT2D eigenvalue weighted by Gasteiger charge is 2.15. The molecule has 1 aromatic rings. The van der Waals surface area contributed by atoms with Crippen LogP contribution in [0.4, 0.5) is 0 Å². The van der Waals surface area contributed by atoms with Crippen molar-refractivity contribution in [3.8, 4) is 5.75 Å². The molecule has 0 aliphatic carbocycles. The maximum Gasteiger partial charge on any atom is 0.115 e.